The average Bonchev–Trinajstić information content (AvgIpc) is 3.83. The summed E-state index contributed by atoms with van der Waals surface area (Å²) in [6, 6.07) is 0. The zero-order valence-electron chi connectivity index (χ0n) is 47.7. The van der Waals surface area contributed by atoms with E-state index in [1.807, 2.05) is 34.6 Å². The smallest absolute Gasteiger partial charge is 0.284 e. The van der Waals surface area contributed by atoms with Crippen LogP contribution >= 0.6 is 0 Å². The van der Waals surface area contributed by atoms with Crippen LogP contribution in [-0.4, -0.2) is 154 Å². The van der Waals surface area contributed by atoms with Gasteiger partial charge in [0.2, 0.25) is 0 Å². The van der Waals surface area contributed by atoms with Gasteiger partial charge in [-0.05, 0) is 32.6 Å². The zero-order chi connectivity index (χ0) is 61.7. The van der Waals surface area contributed by atoms with Gasteiger partial charge in [0.1, 0.15) is 6.17 Å². The molecule has 4 saturated heterocycles. The van der Waals surface area contributed by atoms with Crippen molar-refractivity contribution in [3.8, 4) is 0 Å². The van der Waals surface area contributed by atoms with Crippen LogP contribution in [0.15, 0.2) is 68.8 Å². The number of amides is 4. The molecule has 2 unspecified atom stereocenters. The molecule has 0 spiro atoms. The van der Waals surface area contributed by atoms with E-state index in [0.29, 0.717) is 19.4 Å². The van der Waals surface area contributed by atoms with E-state index in [2.05, 4.69) is 29.9 Å². The van der Waals surface area contributed by atoms with Gasteiger partial charge >= 0.3 is 0 Å². The van der Waals surface area contributed by atoms with E-state index >= 15 is 0 Å². The number of nitrogens with zero attached hydrogens (tertiary/aromatic N) is 6. The Kier molecular flexibility index (Phi) is 35.3. The number of nitrogens with two attached hydrogens (primary N) is 4. The maximum atomic E-state index is 14.4. The van der Waals surface area contributed by atoms with Gasteiger partial charge in [0.05, 0.1) is 37.1 Å². The van der Waals surface area contributed by atoms with Crippen LogP contribution in [0.25, 0.3) is 0 Å². The summed E-state index contributed by atoms with van der Waals surface area (Å²) < 4.78 is 83.5. The summed E-state index contributed by atoms with van der Waals surface area (Å²) >= 11 is 0. The molecule has 4 aliphatic heterocycles. The monoisotopic (exact) mass is 1620 g/mol. The first-order valence-corrected chi connectivity index (χ1v) is 26.2. The van der Waals surface area contributed by atoms with E-state index < -0.39 is 113 Å². The molecular weight excluding hydrogens is 1550 g/mol. The molecule has 27 nitrogen and oxygen atoms in total. The molecule has 4 aromatic rings. The summed E-state index contributed by atoms with van der Waals surface area (Å²) in [5.41, 5.74) is 15.7. The summed E-state index contributed by atoms with van der Waals surface area (Å²) in [5.74, 6) is -4.46. The Bertz CT molecular complexity index is 2890. The van der Waals surface area contributed by atoms with Gasteiger partial charge in [0, 0.05) is 175 Å². The largest absolute Gasteiger partial charge is 0.396 e. The normalized spacial score (nSPS) is 28.0. The Balaban J connectivity index is 0.000000516. The van der Waals surface area contributed by atoms with Crippen LogP contribution in [0.5, 0.6) is 0 Å². The minimum Gasteiger partial charge on any atom is -0.396 e. The second-order valence-corrected chi connectivity index (χ2v) is 19.0. The number of nitrogens with one attached hydrogen (secondary N) is 2. The van der Waals surface area contributed by atoms with Crippen LogP contribution in [0, 0.1) is 112 Å². The molecule has 0 bridgehead atoms. The summed E-state index contributed by atoms with van der Waals surface area (Å²) in [6.45, 7) is 15.4. The van der Waals surface area contributed by atoms with Crippen molar-refractivity contribution < 1.29 is 159 Å². The SMILES string of the molecule is CCOC[C@H]1O[C@@H](n2ccnc(C(N)=O)c2=O)[C@@H](F)[C@H]1C.CC[C@H]1OC(CCO)[C@@H](F)[C@H]1C.CC[C@H]1OC(O)[C@H](F)[C@@H]1C.CC[C@H]1O[C@@H](n2ccnc(C(N)=O)c2=O)[C@H](F)[C@@H]1C.NC(=O)c1ncc[nH]c1=O.NC(=O)c1ncc[nH]c1=O.[Ac].[Ac]. The molecule has 4 amide bonds. The molecule has 0 aliphatic carbocycles. The van der Waals surface area contributed by atoms with Crippen molar-refractivity contribution in [1.29, 1.82) is 0 Å². The topological polar surface area (TPSA) is 420 Å². The Hall–Kier alpha value is -4.28. The first-order chi connectivity index (χ1) is 38.7. The predicted octanol–water partition coefficient (Wildman–Crippen LogP) is 1.22. The second kappa shape index (κ2) is 38.1. The van der Waals surface area contributed by atoms with E-state index in [4.69, 9.17) is 56.8 Å². The molecule has 2 radical (unpaired) electrons. The quantitative estimate of drug-likeness (QED) is 0.0823. The maximum absolute atomic E-state index is 14.4. The Morgan fingerprint density at radius 3 is 1.21 bits per heavy atom. The van der Waals surface area contributed by atoms with Crippen LogP contribution in [0.3, 0.4) is 0 Å². The molecule has 8 heterocycles. The molecule has 8 rings (SSSR count). The predicted molar refractivity (Wildman–Crippen MR) is 283 cm³/mol. The van der Waals surface area contributed by atoms with Gasteiger partial charge in [-0.1, -0.05) is 48.5 Å². The minimum atomic E-state index is -1.39. The van der Waals surface area contributed by atoms with Crippen molar-refractivity contribution in [2.45, 2.75) is 155 Å². The number of primary amides is 4. The molecule has 4 fully saturated rings. The molecule has 0 saturated carbocycles. The number of carbonyl (C=O) groups excluding carboxylic acids is 4. The second-order valence-electron chi connectivity index (χ2n) is 19.0. The van der Waals surface area contributed by atoms with Crippen molar-refractivity contribution in [3.05, 3.63) is 114 Å². The Labute approximate surface area is 551 Å². The molecule has 0 aromatic carbocycles. The van der Waals surface area contributed by atoms with Gasteiger partial charge in [-0.2, -0.15) is 0 Å². The number of aliphatic hydroxyl groups excluding tert-OH is 2. The van der Waals surface area contributed by atoms with Gasteiger partial charge in [0.25, 0.3) is 45.9 Å². The summed E-state index contributed by atoms with van der Waals surface area (Å²) in [4.78, 5) is 107. The number of ether oxygens (including phenoxy) is 5. The minimum absolute atomic E-state index is 0. The van der Waals surface area contributed by atoms with Crippen molar-refractivity contribution in [3.63, 3.8) is 0 Å². The Morgan fingerprint density at radius 2 is 0.905 bits per heavy atom. The number of hydrogen-bond acceptors (Lipinski definition) is 19. The molecule has 4 aromatic heterocycles. The van der Waals surface area contributed by atoms with Gasteiger partial charge < -0.3 is 66.8 Å². The number of aliphatic hydroxyl groups is 2. The van der Waals surface area contributed by atoms with E-state index in [1.165, 1.54) is 49.6 Å². The first-order valence-electron chi connectivity index (χ1n) is 26.2. The Morgan fingerprint density at radius 1 is 0.548 bits per heavy atom. The molecule has 4 aliphatic rings. The summed E-state index contributed by atoms with van der Waals surface area (Å²) in [7, 11) is 0. The molecule has 12 N–H and O–H groups in total. The van der Waals surface area contributed by atoms with Crippen LogP contribution in [0.2, 0.25) is 0 Å². The van der Waals surface area contributed by atoms with Gasteiger partial charge in [-0.3, -0.25) is 47.5 Å². The molecule has 84 heavy (non-hydrogen) atoms. The molecule has 33 heteroatoms. The van der Waals surface area contributed by atoms with Crippen molar-refractivity contribution >= 4 is 23.6 Å². The zero-order valence-corrected chi connectivity index (χ0v) is 57.2. The van der Waals surface area contributed by atoms with Crippen molar-refractivity contribution in [2.24, 2.45) is 46.6 Å². The summed E-state index contributed by atoms with van der Waals surface area (Å²) in [5, 5.41) is 17.5. The number of carbonyl (C=O) groups is 4. The van der Waals surface area contributed by atoms with Crippen LogP contribution < -0.4 is 45.2 Å². The van der Waals surface area contributed by atoms with Crippen molar-refractivity contribution in [1.82, 2.24) is 39.0 Å². The van der Waals surface area contributed by atoms with Crippen LogP contribution in [0.4, 0.5) is 17.6 Å². The number of aromatic nitrogens is 8. The van der Waals surface area contributed by atoms with Crippen LogP contribution in [0.1, 0.15) is 135 Å². The number of rotatable bonds is 14. The molecule has 16 atom stereocenters. The molecular formula is C51H74Ac2F4N12O15. The van der Waals surface area contributed by atoms with E-state index in [0.717, 1.165) is 22.0 Å². The fourth-order valence-corrected chi connectivity index (χ4v) is 8.76. The van der Waals surface area contributed by atoms with Gasteiger partial charge in [-0.25, -0.2) is 37.5 Å². The maximum Gasteiger partial charge on any atom is 0.284 e. The van der Waals surface area contributed by atoms with Gasteiger partial charge in [-0.15, -0.1) is 0 Å². The fraction of sp³-hybridized carbons (Fsp3) is 0.608. The van der Waals surface area contributed by atoms with Crippen molar-refractivity contribution in [2.75, 3.05) is 19.8 Å². The fourth-order valence-electron chi connectivity index (χ4n) is 8.76. The third-order valence-electron chi connectivity index (χ3n) is 13.6. The van der Waals surface area contributed by atoms with E-state index in [9.17, 15) is 55.9 Å². The number of aromatic amines is 2. The van der Waals surface area contributed by atoms with Gasteiger partial charge in [0.15, 0.2) is 60.0 Å². The number of H-pyrrole nitrogens is 2. The van der Waals surface area contributed by atoms with E-state index in [-0.39, 0.29) is 155 Å². The number of halogens is 4. The third kappa shape index (κ3) is 21.3. The van der Waals surface area contributed by atoms with E-state index in [1.54, 1.807) is 20.8 Å². The van der Waals surface area contributed by atoms with Crippen LogP contribution in [-0.2, 0) is 23.7 Å². The summed E-state index contributed by atoms with van der Waals surface area (Å²) in [6.07, 6.45) is 3.66. The number of hydrogen-bond donors (Lipinski definition) is 8. The number of alkyl halides is 4. The average molecular weight is 1630 g/mol. The molecule has 462 valence electrons. The first kappa shape index (κ1) is 77.7. The standard InChI is InChI=1S/C13H18FN3O4.C12H16FN3O3.C9H17FO2.C7H13FO2.2C5H5N3O2.2Ac/c1-3-20-6-8-7(2)9(14)13(21-8)17-5-4-16-10(11(15)18)12(17)19;1-3-7-6(2)8(13)12(19-7)16-5-4-15-9(10(14)17)11(16)18;1-3-7-6(2)9(10)8(12-7)4-5-11;1-3-5-4(2)6(8)7(9)10-5;2*6-4(9)3-5(10)8-2-1-7-3;;/h4-5,7-9,13H,3,6H2,1-2H3,(H2,15,18);4-8,12H,3H2,1-2H3,(H2,14,17);6-9,11H,3-5H2,1-2H3;4-7,9H,3H2,1-2H3;2*1-2H,(H2,6,9)(H,8,10);;/t7-,8+,9-,13+;6-,7-,8-,12-;6-,7+,8?,9-;4-,5-,6-,7?;;;;/m0101..../s1. The third-order valence-corrected chi connectivity index (χ3v) is 13.6.